The van der Waals surface area contributed by atoms with Gasteiger partial charge in [-0.1, -0.05) is 12.1 Å². The normalized spacial score (nSPS) is 10.2. The molecule has 1 aromatic heterocycles. The van der Waals surface area contributed by atoms with Crippen LogP contribution in [0.1, 0.15) is 15.2 Å². The summed E-state index contributed by atoms with van der Waals surface area (Å²) >= 11 is 10.5. The Balaban J connectivity index is 2.12. The van der Waals surface area contributed by atoms with Crippen LogP contribution in [0.4, 0.5) is 5.69 Å². The quantitative estimate of drug-likeness (QED) is 0.825. The number of carbonyl (C=O) groups is 1. The number of rotatable bonds is 3. The summed E-state index contributed by atoms with van der Waals surface area (Å²) in [6.07, 6.45) is 0. The van der Waals surface area contributed by atoms with Crippen molar-refractivity contribution < 1.29 is 4.79 Å². The molecule has 1 heterocycles. The molecule has 0 aliphatic heterocycles. The molecule has 2 aromatic rings. The van der Waals surface area contributed by atoms with Gasteiger partial charge in [-0.15, -0.1) is 22.9 Å². The van der Waals surface area contributed by atoms with E-state index >= 15 is 0 Å². The Kier molecular flexibility index (Phi) is 4.20. The highest BCUT2D eigenvalue weighted by molar-refractivity contribution is 9.11. The van der Waals surface area contributed by atoms with E-state index in [2.05, 4.69) is 21.2 Å². The third-order valence-electron chi connectivity index (χ3n) is 2.14. The fraction of sp³-hybridized carbons (Fsp3) is 0.0833. The van der Waals surface area contributed by atoms with Gasteiger partial charge in [-0.2, -0.15) is 0 Å². The van der Waals surface area contributed by atoms with Crippen molar-refractivity contribution in [3.63, 3.8) is 0 Å². The Morgan fingerprint density at radius 3 is 2.82 bits per heavy atom. The smallest absolute Gasteiger partial charge is 0.265 e. The van der Waals surface area contributed by atoms with Gasteiger partial charge in [-0.05, 0) is 45.8 Å². The molecular weight excluding hydrogens is 322 g/mol. The van der Waals surface area contributed by atoms with Crippen molar-refractivity contribution in [3.05, 3.63) is 50.6 Å². The lowest BCUT2D eigenvalue weighted by atomic mass is 10.2. The van der Waals surface area contributed by atoms with E-state index in [1.807, 2.05) is 30.3 Å². The molecule has 0 spiro atoms. The summed E-state index contributed by atoms with van der Waals surface area (Å²) in [7, 11) is 0. The number of benzene rings is 1. The van der Waals surface area contributed by atoms with E-state index in [0.29, 0.717) is 10.8 Å². The molecule has 1 N–H and O–H groups in total. The van der Waals surface area contributed by atoms with Gasteiger partial charge in [-0.25, -0.2) is 0 Å². The zero-order valence-electron chi connectivity index (χ0n) is 8.74. The summed E-state index contributed by atoms with van der Waals surface area (Å²) < 4.78 is 0.942. The van der Waals surface area contributed by atoms with Gasteiger partial charge in [0.25, 0.3) is 5.91 Å². The van der Waals surface area contributed by atoms with E-state index in [1.165, 1.54) is 11.3 Å². The fourth-order valence-corrected chi connectivity index (χ4v) is 2.81. The van der Waals surface area contributed by atoms with Crippen molar-refractivity contribution in [2.45, 2.75) is 5.88 Å². The second-order valence-electron chi connectivity index (χ2n) is 3.39. The van der Waals surface area contributed by atoms with Crippen molar-refractivity contribution in [2.24, 2.45) is 0 Å². The molecule has 0 unspecified atom stereocenters. The zero-order chi connectivity index (χ0) is 12.3. The van der Waals surface area contributed by atoms with E-state index in [9.17, 15) is 4.79 Å². The minimum atomic E-state index is -0.104. The molecule has 1 amide bonds. The first-order valence-electron chi connectivity index (χ1n) is 4.90. The molecule has 0 atom stereocenters. The number of carbonyl (C=O) groups excluding carboxylic acids is 1. The van der Waals surface area contributed by atoms with E-state index < -0.39 is 0 Å². The summed E-state index contributed by atoms with van der Waals surface area (Å²) in [5.41, 5.74) is 1.74. The minimum Gasteiger partial charge on any atom is -0.321 e. The predicted octanol–water partition coefficient (Wildman–Crippen LogP) is 4.50. The number of hydrogen-bond donors (Lipinski definition) is 1. The number of anilines is 1. The topological polar surface area (TPSA) is 29.1 Å². The minimum absolute atomic E-state index is 0.104. The Bertz CT molecular complexity index is 541. The average molecular weight is 331 g/mol. The van der Waals surface area contributed by atoms with Crippen LogP contribution in [0.3, 0.4) is 0 Å². The van der Waals surface area contributed by atoms with Crippen molar-refractivity contribution >= 4 is 50.5 Å². The van der Waals surface area contributed by atoms with Gasteiger partial charge >= 0.3 is 0 Å². The standard InChI is InChI=1S/C12H9BrClNOS/c13-11-5-4-10(17-11)12(16)15-9-3-1-2-8(6-9)7-14/h1-6H,7H2,(H,15,16). The number of alkyl halides is 1. The molecule has 0 saturated heterocycles. The lowest BCUT2D eigenvalue weighted by Crippen LogP contribution is -2.10. The third-order valence-corrected chi connectivity index (χ3v) is 4.07. The molecule has 2 rings (SSSR count). The Hall–Kier alpha value is -0.840. The molecule has 0 aliphatic rings. The highest BCUT2D eigenvalue weighted by Crippen LogP contribution is 2.23. The van der Waals surface area contributed by atoms with Crippen LogP contribution in [-0.4, -0.2) is 5.91 Å². The monoisotopic (exact) mass is 329 g/mol. The zero-order valence-corrected chi connectivity index (χ0v) is 11.9. The van der Waals surface area contributed by atoms with Crippen LogP contribution < -0.4 is 5.32 Å². The lowest BCUT2D eigenvalue weighted by molar-refractivity contribution is 0.103. The number of amides is 1. The van der Waals surface area contributed by atoms with E-state index in [4.69, 9.17) is 11.6 Å². The van der Waals surface area contributed by atoms with Crippen LogP contribution in [0.5, 0.6) is 0 Å². The molecular formula is C12H9BrClNOS. The average Bonchev–Trinajstić information content (AvgIpc) is 2.76. The first-order chi connectivity index (χ1) is 8.19. The molecule has 17 heavy (non-hydrogen) atoms. The van der Waals surface area contributed by atoms with Crippen LogP contribution in [-0.2, 0) is 5.88 Å². The second kappa shape index (κ2) is 5.67. The summed E-state index contributed by atoms with van der Waals surface area (Å²) in [5, 5.41) is 2.84. The molecule has 88 valence electrons. The molecule has 0 saturated carbocycles. The number of nitrogens with one attached hydrogen (secondary N) is 1. The number of halogens is 2. The molecule has 0 aliphatic carbocycles. The van der Waals surface area contributed by atoms with E-state index in [0.717, 1.165) is 15.0 Å². The third kappa shape index (κ3) is 3.31. The van der Waals surface area contributed by atoms with Gasteiger partial charge in [-0.3, -0.25) is 4.79 Å². The van der Waals surface area contributed by atoms with Gasteiger partial charge in [0.1, 0.15) is 0 Å². The van der Waals surface area contributed by atoms with Gasteiger partial charge in [0.2, 0.25) is 0 Å². The lowest BCUT2D eigenvalue weighted by Gasteiger charge is -2.04. The van der Waals surface area contributed by atoms with E-state index in [-0.39, 0.29) is 5.91 Å². The van der Waals surface area contributed by atoms with Crippen molar-refractivity contribution in [2.75, 3.05) is 5.32 Å². The van der Waals surface area contributed by atoms with Crippen molar-refractivity contribution in [1.29, 1.82) is 0 Å². The highest BCUT2D eigenvalue weighted by atomic mass is 79.9. The van der Waals surface area contributed by atoms with Crippen LogP contribution in [0.25, 0.3) is 0 Å². The predicted molar refractivity (Wildman–Crippen MR) is 76.0 cm³/mol. The SMILES string of the molecule is O=C(Nc1cccc(CCl)c1)c1ccc(Br)s1. The number of thiophene rings is 1. The molecule has 0 bridgehead atoms. The van der Waals surface area contributed by atoms with Crippen LogP contribution in [0, 0.1) is 0 Å². The maximum absolute atomic E-state index is 11.9. The Morgan fingerprint density at radius 2 is 2.18 bits per heavy atom. The number of hydrogen-bond acceptors (Lipinski definition) is 2. The van der Waals surface area contributed by atoms with Gasteiger partial charge < -0.3 is 5.32 Å². The summed E-state index contributed by atoms with van der Waals surface area (Å²) in [6.45, 7) is 0. The molecule has 2 nitrogen and oxygen atoms in total. The summed E-state index contributed by atoms with van der Waals surface area (Å²) in [5.74, 6) is 0.335. The van der Waals surface area contributed by atoms with Crippen LogP contribution >= 0.6 is 38.9 Å². The summed E-state index contributed by atoms with van der Waals surface area (Å²) in [6, 6.07) is 11.1. The van der Waals surface area contributed by atoms with Crippen LogP contribution in [0.15, 0.2) is 40.2 Å². The molecule has 1 aromatic carbocycles. The molecule has 0 fully saturated rings. The second-order valence-corrected chi connectivity index (χ2v) is 6.12. The first kappa shape index (κ1) is 12.6. The van der Waals surface area contributed by atoms with Gasteiger partial charge in [0, 0.05) is 11.6 Å². The largest absolute Gasteiger partial charge is 0.321 e. The van der Waals surface area contributed by atoms with Gasteiger partial charge in [0.05, 0.1) is 8.66 Å². The maximum atomic E-state index is 11.9. The Morgan fingerprint density at radius 1 is 1.35 bits per heavy atom. The maximum Gasteiger partial charge on any atom is 0.265 e. The molecule has 5 heteroatoms. The van der Waals surface area contributed by atoms with Crippen molar-refractivity contribution in [3.8, 4) is 0 Å². The summed E-state index contributed by atoms with van der Waals surface area (Å²) in [4.78, 5) is 12.5. The van der Waals surface area contributed by atoms with E-state index in [1.54, 1.807) is 6.07 Å². The molecule has 0 radical (unpaired) electrons. The highest BCUT2D eigenvalue weighted by Gasteiger charge is 2.08. The van der Waals surface area contributed by atoms with Crippen LogP contribution in [0.2, 0.25) is 0 Å². The Labute approximate surface area is 117 Å². The first-order valence-corrected chi connectivity index (χ1v) is 7.05. The van der Waals surface area contributed by atoms with Gasteiger partial charge in [0.15, 0.2) is 0 Å². The van der Waals surface area contributed by atoms with Crippen molar-refractivity contribution in [1.82, 2.24) is 0 Å². The fourth-order valence-electron chi connectivity index (χ4n) is 1.36.